The Morgan fingerprint density at radius 2 is 1.72 bits per heavy atom. The van der Waals surface area contributed by atoms with E-state index in [-0.39, 0.29) is 11.5 Å². The number of carbonyl (C=O) groups is 3. The van der Waals surface area contributed by atoms with Gasteiger partial charge >= 0.3 is 11.9 Å². The molecule has 2 aromatic carbocycles. The van der Waals surface area contributed by atoms with Crippen molar-refractivity contribution in [3.8, 4) is 0 Å². The SMILES string of the molecule is CCOC(=O)c1cccc(NCc2cccc(C(=O)C(=O)OC)c2)c1. The molecule has 1 N–H and O–H groups in total. The summed E-state index contributed by atoms with van der Waals surface area (Å²) in [6.07, 6.45) is 0. The number of benzene rings is 2. The molecular weight excluding hydrogens is 322 g/mol. The lowest BCUT2D eigenvalue weighted by Gasteiger charge is -2.09. The van der Waals surface area contributed by atoms with E-state index in [1.807, 2.05) is 12.1 Å². The molecule has 6 nitrogen and oxygen atoms in total. The van der Waals surface area contributed by atoms with Crippen LogP contribution in [0.25, 0.3) is 0 Å². The second-order valence-corrected chi connectivity index (χ2v) is 5.18. The number of carbonyl (C=O) groups excluding carboxylic acids is 3. The fourth-order valence-electron chi connectivity index (χ4n) is 2.21. The van der Waals surface area contributed by atoms with Crippen LogP contribution in [0.15, 0.2) is 48.5 Å². The Bertz CT molecular complexity index is 785. The summed E-state index contributed by atoms with van der Waals surface area (Å²) in [5, 5.41) is 3.17. The quantitative estimate of drug-likeness (QED) is 0.474. The van der Waals surface area contributed by atoms with Crippen molar-refractivity contribution in [1.82, 2.24) is 0 Å². The highest BCUT2D eigenvalue weighted by Gasteiger charge is 2.16. The molecule has 130 valence electrons. The van der Waals surface area contributed by atoms with E-state index in [1.165, 1.54) is 7.11 Å². The van der Waals surface area contributed by atoms with Crippen molar-refractivity contribution >= 4 is 23.4 Å². The molecule has 0 saturated heterocycles. The Kier molecular flexibility index (Phi) is 6.28. The Morgan fingerprint density at radius 1 is 1.00 bits per heavy atom. The topological polar surface area (TPSA) is 81.7 Å². The van der Waals surface area contributed by atoms with Gasteiger partial charge in [0.15, 0.2) is 0 Å². The summed E-state index contributed by atoms with van der Waals surface area (Å²) in [6.45, 7) is 2.49. The predicted molar refractivity (Wildman–Crippen MR) is 92.5 cm³/mol. The number of hydrogen-bond donors (Lipinski definition) is 1. The fourth-order valence-corrected chi connectivity index (χ4v) is 2.21. The van der Waals surface area contributed by atoms with Crippen LogP contribution in [0.3, 0.4) is 0 Å². The van der Waals surface area contributed by atoms with Gasteiger partial charge in [-0.05, 0) is 36.8 Å². The summed E-state index contributed by atoms with van der Waals surface area (Å²) in [5.41, 5.74) is 2.29. The van der Waals surface area contributed by atoms with Gasteiger partial charge in [-0.1, -0.05) is 24.3 Å². The Labute approximate surface area is 145 Å². The van der Waals surface area contributed by atoms with Gasteiger partial charge in [-0.15, -0.1) is 0 Å². The number of nitrogens with one attached hydrogen (secondary N) is 1. The van der Waals surface area contributed by atoms with Gasteiger partial charge < -0.3 is 14.8 Å². The van der Waals surface area contributed by atoms with Crippen LogP contribution in [0.1, 0.15) is 33.2 Å². The van der Waals surface area contributed by atoms with Gasteiger partial charge in [-0.3, -0.25) is 4.79 Å². The number of esters is 2. The van der Waals surface area contributed by atoms with Crippen LogP contribution in [0.5, 0.6) is 0 Å². The molecule has 0 amide bonds. The monoisotopic (exact) mass is 341 g/mol. The van der Waals surface area contributed by atoms with E-state index < -0.39 is 11.8 Å². The minimum Gasteiger partial charge on any atom is -0.463 e. The Hall–Kier alpha value is -3.15. The number of ketones is 1. The van der Waals surface area contributed by atoms with E-state index in [9.17, 15) is 14.4 Å². The molecule has 0 unspecified atom stereocenters. The molecular formula is C19H19NO5. The fraction of sp³-hybridized carbons (Fsp3) is 0.211. The van der Waals surface area contributed by atoms with Crippen LogP contribution in [0, 0.1) is 0 Å². The highest BCUT2D eigenvalue weighted by molar-refractivity contribution is 6.40. The van der Waals surface area contributed by atoms with E-state index in [4.69, 9.17) is 4.74 Å². The molecule has 0 heterocycles. The van der Waals surface area contributed by atoms with Crippen molar-refractivity contribution in [2.45, 2.75) is 13.5 Å². The molecule has 0 aromatic heterocycles. The van der Waals surface area contributed by atoms with E-state index >= 15 is 0 Å². The van der Waals surface area contributed by atoms with Crippen molar-refractivity contribution in [2.24, 2.45) is 0 Å². The third-order valence-electron chi connectivity index (χ3n) is 3.43. The predicted octanol–water partition coefficient (Wildman–Crippen LogP) is 2.83. The summed E-state index contributed by atoms with van der Waals surface area (Å²) < 4.78 is 9.42. The summed E-state index contributed by atoms with van der Waals surface area (Å²) in [6, 6.07) is 13.7. The molecule has 0 aliphatic carbocycles. The first-order valence-corrected chi connectivity index (χ1v) is 7.77. The van der Waals surface area contributed by atoms with Crippen LogP contribution < -0.4 is 5.32 Å². The summed E-state index contributed by atoms with van der Waals surface area (Å²) >= 11 is 0. The van der Waals surface area contributed by atoms with Crippen molar-refractivity contribution in [3.05, 3.63) is 65.2 Å². The standard InChI is InChI=1S/C19H19NO5/c1-3-25-18(22)15-8-5-9-16(11-15)20-12-13-6-4-7-14(10-13)17(21)19(23)24-2/h4-11,20H,3,12H2,1-2H3. The van der Waals surface area contributed by atoms with Gasteiger partial charge in [-0.25, -0.2) is 9.59 Å². The number of Topliss-reactive ketones (excluding diaryl/α,β-unsaturated/α-hetero) is 1. The average Bonchev–Trinajstić information content (AvgIpc) is 2.65. The summed E-state index contributed by atoms with van der Waals surface area (Å²) in [5.74, 6) is -1.96. The number of rotatable bonds is 7. The largest absolute Gasteiger partial charge is 0.463 e. The van der Waals surface area contributed by atoms with Gasteiger partial charge in [0.2, 0.25) is 0 Å². The van der Waals surface area contributed by atoms with Crippen LogP contribution >= 0.6 is 0 Å². The average molecular weight is 341 g/mol. The Balaban J connectivity index is 2.07. The van der Waals surface area contributed by atoms with Gasteiger partial charge in [0.25, 0.3) is 5.78 Å². The van der Waals surface area contributed by atoms with Crippen molar-refractivity contribution in [1.29, 1.82) is 0 Å². The first kappa shape index (κ1) is 18.2. The van der Waals surface area contributed by atoms with Gasteiger partial charge in [0, 0.05) is 17.8 Å². The minimum absolute atomic E-state index is 0.270. The zero-order valence-corrected chi connectivity index (χ0v) is 14.1. The van der Waals surface area contributed by atoms with Crippen molar-refractivity contribution < 1.29 is 23.9 Å². The number of anilines is 1. The summed E-state index contributed by atoms with van der Waals surface area (Å²) in [7, 11) is 1.17. The molecule has 2 aromatic rings. The molecule has 25 heavy (non-hydrogen) atoms. The molecule has 2 rings (SSSR count). The van der Waals surface area contributed by atoms with Crippen LogP contribution in [0.4, 0.5) is 5.69 Å². The normalized spacial score (nSPS) is 10.0. The maximum atomic E-state index is 11.8. The van der Waals surface area contributed by atoms with Gasteiger partial charge in [-0.2, -0.15) is 0 Å². The lowest BCUT2D eigenvalue weighted by Crippen LogP contribution is -2.16. The van der Waals surface area contributed by atoms with Crippen LogP contribution in [-0.2, 0) is 20.8 Å². The smallest absolute Gasteiger partial charge is 0.379 e. The highest BCUT2D eigenvalue weighted by Crippen LogP contribution is 2.14. The van der Waals surface area contributed by atoms with Gasteiger partial charge in [0.1, 0.15) is 0 Å². The Morgan fingerprint density at radius 3 is 2.44 bits per heavy atom. The van der Waals surface area contributed by atoms with Gasteiger partial charge in [0.05, 0.1) is 19.3 Å². The molecule has 0 fully saturated rings. The third kappa shape index (κ3) is 4.91. The number of methoxy groups -OCH3 is 1. The molecule has 6 heteroatoms. The van der Waals surface area contributed by atoms with E-state index in [0.717, 1.165) is 11.3 Å². The minimum atomic E-state index is -0.896. The second-order valence-electron chi connectivity index (χ2n) is 5.18. The van der Waals surface area contributed by atoms with Crippen LogP contribution in [-0.4, -0.2) is 31.4 Å². The number of ether oxygens (including phenoxy) is 2. The maximum Gasteiger partial charge on any atom is 0.379 e. The first-order valence-electron chi connectivity index (χ1n) is 7.77. The molecule has 0 saturated carbocycles. The lowest BCUT2D eigenvalue weighted by atomic mass is 10.1. The van der Waals surface area contributed by atoms with Crippen molar-refractivity contribution in [3.63, 3.8) is 0 Å². The summed E-state index contributed by atoms with van der Waals surface area (Å²) in [4.78, 5) is 34.9. The molecule has 0 aliphatic rings. The first-order chi connectivity index (χ1) is 12.0. The van der Waals surface area contributed by atoms with Crippen LogP contribution in [0.2, 0.25) is 0 Å². The van der Waals surface area contributed by atoms with E-state index in [0.29, 0.717) is 18.7 Å². The highest BCUT2D eigenvalue weighted by atomic mass is 16.5. The zero-order chi connectivity index (χ0) is 18.2. The molecule has 0 atom stereocenters. The number of hydrogen-bond acceptors (Lipinski definition) is 6. The molecule has 0 radical (unpaired) electrons. The second kappa shape index (κ2) is 8.63. The molecule has 0 spiro atoms. The molecule has 0 aliphatic heterocycles. The van der Waals surface area contributed by atoms with E-state index in [1.54, 1.807) is 43.3 Å². The lowest BCUT2D eigenvalue weighted by molar-refractivity contribution is -0.135. The maximum absolute atomic E-state index is 11.8. The zero-order valence-electron chi connectivity index (χ0n) is 14.1. The van der Waals surface area contributed by atoms with Crippen molar-refractivity contribution in [2.75, 3.05) is 19.0 Å². The molecule has 0 bridgehead atoms. The van der Waals surface area contributed by atoms with E-state index in [2.05, 4.69) is 10.1 Å². The third-order valence-corrected chi connectivity index (χ3v) is 3.43.